The molecular weight excluding hydrogens is 436 g/mol. The molecule has 0 aromatic heterocycles. The summed E-state index contributed by atoms with van der Waals surface area (Å²) in [5.41, 5.74) is 0. The van der Waals surface area contributed by atoms with E-state index in [0.29, 0.717) is 12.8 Å². The van der Waals surface area contributed by atoms with Crippen LogP contribution in [0.5, 0.6) is 0 Å². The van der Waals surface area contributed by atoms with Gasteiger partial charge in [-0.25, -0.2) is 0 Å². The highest BCUT2D eigenvalue weighted by atomic mass is 16.6. The van der Waals surface area contributed by atoms with Crippen LogP contribution in [0.2, 0.25) is 0 Å². The van der Waals surface area contributed by atoms with Crippen molar-refractivity contribution < 1.29 is 19.1 Å². The lowest BCUT2D eigenvalue weighted by molar-refractivity contribution is -0.158. The fraction of sp³-hybridized carbons (Fsp3) is 0.935. The van der Waals surface area contributed by atoms with Gasteiger partial charge in [-0.3, -0.25) is 9.59 Å². The Balaban J connectivity index is 3.37. The molecule has 0 heterocycles. The summed E-state index contributed by atoms with van der Waals surface area (Å²) < 4.78 is 10.6. The fourth-order valence-electron chi connectivity index (χ4n) is 4.47. The summed E-state index contributed by atoms with van der Waals surface area (Å²) in [5, 5.41) is 0. The third kappa shape index (κ3) is 27.4. The van der Waals surface area contributed by atoms with Crippen molar-refractivity contribution in [2.45, 2.75) is 181 Å². The van der Waals surface area contributed by atoms with Crippen LogP contribution in [0, 0.1) is 0 Å². The molecule has 0 saturated heterocycles. The van der Waals surface area contributed by atoms with Crippen molar-refractivity contribution in [1.29, 1.82) is 0 Å². The van der Waals surface area contributed by atoms with Crippen molar-refractivity contribution in [3.63, 3.8) is 0 Å². The van der Waals surface area contributed by atoms with Crippen LogP contribution < -0.4 is 0 Å². The van der Waals surface area contributed by atoms with Crippen molar-refractivity contribution in [1.82, 2.24) is 0 Å². The lowest BCUT2D eigenvalue weighted by Crippen LogP contribution is -2.22. The normalized spacial score (nSPS) is 12.0. The third-order valence-electron chi connectivity index (χ3n) is 6.78. The summed E-state index contributed by atoms with van der Waals surface area (Å²) >= 11 is 0. The van der Waals surface area contributed by atoms with E-state index in [1.165, 1.54) is 116 Å². The monoisotopic (exact) mass is 496 g/mol. The molecule has 0 aliphatic rings. The van der Waals surface area contributed by atoms with E-state index in [0.717, 1.165) is 25.7 Å². The van der Waals surface area contributed by atoms with Crippen LogP contribution in [0.15, 0.2) is 0 Å². The molecule has 1 unspecified atom stereocenters. The highest BCUT2D eigenvalue weighted by Crippen LogP contribution is 2.14. The van der Waals surface area contributed by atoms with Gasteiger partial charge in [0.05, 0.1) is 0 Å². The number of carbonyl (C=O) groups is 2. The number of rotatable bonds is 27. The standard InChI is InChI=1S/C31H60O4/c1-4-6-8-10-12-13-14-15-16-17-18-19-20-21-23-24-26-30(32)34-28-29(3)35-31(33)27-25-22-11-9-7-5-2/h29H,4-28H2,1-3H3. The van der Waals surface area contributed by atoms with E-state index in [4.69, 9.17) is 9.47 Å². The number of unbranched alkanes of at least 4 members (excludes halogenated alkanes) is 20. The molecule has 0 saturated carbocycles. The van der Waals surface area contributed by atoms with Crippen LogP contribution >= 0.6 is 0 Å². The van der Waals surface area contributed by atoms with E-state index in [1.54, 1.807) is 6.92 Å². The lowest BCUT2D eigenvalue weighted by atomic mass is 10.0. The van der Waals surface area contributed by atoms with Gasteiger partial charge in [0.15, 0.2) is 0 Å². The SMILES string of the molecule is CCCCCCCCCCCCCCCCCCC(=O)OCC(C)OC(=O)CCCCCCCC. The maximum atomic E-state index is 11.9. The number of hydrogen-bond donors (Lipinski definition) is 0. The van der Waals surface area contributed by atoms with Crippen LogP contribution in [0.1, 0.15) is 175 Å². The van der Waals surface area contributed by atoms with E-state index >= 15 is 0 Å². The molecule has 0 rings (SSSR count). The Labute approximate surface area is 218 Å². The molecule has 0 amide bonds. The van der Waals surface area contributed by atoms with Gasteiger partial charge in [-0.2, -0.15) is 0 Å². The molecule has 0 radical (unpaired) electrons. The van der Waals surface area contributed by atoms with Crippen LogP contribution in [-0.4, -0.2) is 24.6 Å². The maximum Gasteiger partial charge on any atom is 0.306 e. The first-order chi connectivity index (χ1) is 17.1. The van der Waals surface area contributed by atoms with Gasteiger partial charge >= 0.3 is 11.9 Å². The first-order valence-electron chi connectivity index (χ1n) is 15.4. The molecule has 0 aromatic rings. The molecule has 0 aromatic carbocycles. The molecule has 0 aliphatic carbocycles. The number of esters is 2. The Morgan fingerprint density at radius 1 is 0.486 bits per heavy atom. The highest BCUT2D eigenvalue weighted by Gasteiger charge is 2.12. The molecule has 208 valence electrons. The van der Waals surface area contributed by atoms with E-state index < -0.39 is 0 Å². The number of carbonyl (C=O) groups excluding carboxylic acids is 2. The van der Waals surface area contributed by atoms with Gasteiger partial charge in [-0.05, 0) is 19.8 Å². The minimum absolute atomic E-state index is 0.167. The Bertz CT molecular complexity index is 463. The zero-order valence-corrected chi connectivity index (χ0v) is 23.9. The maximum absolute atomic E-state index is 11.9. The highest BCUT2D eigenvalue weighted by molar-refractivity contribution is 5.70. The average molecular weight is 497 g/mol. The van der Waals surface area contributed by atoms with Crippen molar-refractivity contribution in [3.05, 3.63) is 0 Å². The molecule has 4 nitrogen and oxygen atoms in total. The van der Waals surface area contributed by atoms with Crippen LogP contribution in [0.4, 0.5) is 0 Å². The molecule has 0 N–H and O–H groups in total. The van der Waals surface area contributed by atoms with E-state index in [-0.39, 0.29) is 24.6 Å². The quantitative estimate of drug-likeness (QED) is 0.0838. The molecule has 4 heteroatoms. The topological polar surface area (TPSA) is 52.6 Å². The predicted molar refractivity (Wildman–Crippen MR) is 149 cm³/mol. The summed E-state index contributed by atoms with van der Waals surface area (Å²) in [6.45, 7) is 6.44. The summed E-state index contributed by atoms with van der Waals surface area (Å²) in [7, 11) is 0. The molecule has 35 heavy (non-hydrogen) atoms. The largest absolute Gasteiger partial charge is 0.462 e. The smallest absolute Gasteiger partial charge is 0.306 e. The summed E-state index contributed by atoms with van der Waals surface area (Å²) in [6.07, 6.45) is 28.7. The predicted octanol–water partition coefficient (Wildman–Crippen LogP) is 9.86. The Morgan fingerprint density at radius 2 is 0.800 bits per heavy atom. The van der Waals surface area contributed by atoms with Gasteiger partial charge in [0, 0.05) is 12.8 Å². The van der Waals surface area contributed by atoms with E-state index in [2.05, 4.69) is 13.8 Å². The molecular formula is C31H60O4. The van der Waals surface area contributed by atoms with Gasteiger partial charge < -0.3 is 9.47 Å². The second-order valence-corrected chi connectivity index (χ2v) is 10.6. The van der Waals surface area contributed by atoms with Gasteiger partial charge in [0.25, 0.3) is 0 Å². The Kier molecular flexibility index (Phi) is 26.7. The van der Waals surface area contributed by atoms with Crippen LogP contribution in [0.25, 0.3) is 0 Å². The number of hydrogen-bond acceptors (Lipinski definition) is 4. The minimum atomic E-state index is -0.364. The molecule has 0 fully saturated rings. The number of ether oxygens (including phenoxy) is 2. The first kappa shape index (κ1) is 33.9. The first-order valence-corrected chi connectivity index (χ1v) is 15.4. The van der Waals surface area contributed by atoms with Gasteiger partial charge in [0.1, 0.15) is 12.7 Å². The molecule has 0 spiro atoms. The summed E-state index contributed by atoms with van der Waals surface area (Å²) in [4.78, 5) is 23.8. The van der Waals surface area contributed by atoms with Gasteiger partial charge in [0.2, 0.25) is 0 Å². The van der Waals surface area contributed by atoms with Gasteiger partial charge in [-0.1, -0.05) is 142 Å². The molecule has 1 atom stereocenters. The lowest BCUT2D eigenvalue weighted by Gasteiger charge is -2.13. The fourth-order valence-corrected chi connectivity index (χ4v) is 4.47. The van der Waals surface area contributed by atoms with Crippen molar-refractivity contribution in [2.24, 2.45) is 0 Å². The zero-order chi connectivity index (χ0) is 25.8. The second-order valence-electron chi connectivity index (χ2n) is 10.6. The second kappa shape index (κ2) is 27.5. The van der Waals surface area contributed by atoms with Crippen LogP contribution in [0.3, 0.4) is 0 Å². The molecule has 0 aliphatic heterocycles. The van der Waals surface area contributed by atoms with Crippen molar-refractivity contribution in [3.8, 4) is 0 Å². The summed E-state index contributed by atoms with van der Waals surface area (Å²) in [6, 6.07) is 0. The van der Waals surface area contributed by atoms with Crippen molar-refractivity contribution >= 4 is 11.9 Å². The van der Waals surface area contributed by atoms with Crippen molar-refractivity contribution in [2.75, 3.05) is 6.61 Å². The molecule has 0 bridgehead atoms. The van der Waals surface area contributed by atoms with Gasteiger partial charge in [-0.15, -0.1) is 0 Å². The van der Waals surface area contributed by atoms with Crippen LogP contribution in [-0.2, 0) is 19.1 Å². The zero-order valence-electron chi connectivity index (χ0n) is 23.9. The Morgan fingerprint density at radius 3 is 1.17 bits per heavy atom. The minimum Gasteiger partial charge on any atom is -0.462 e. The third-order valence-corrected chi connectivity index (χ3v) is 6.78. The van der Waals surface area contributed by atoms with E-state index in [1.807, 2.05) is 0 Å². The average Bonchev–Trinajstić information content (AvgIpc) is 2.84. The van der Waals surface area contributed by atoms with E-state index in [9.17, 15) is 9.59 Å². The Hall–Kier alpha value is -1.06. The summed E-state index contributed by atoms with van der Waals surface area (Å²) in [5.74, 6) is -0.351.